The van der Waals surface area contributed by atoms with Gasteiger partial charge in [-0.25, -0.2) is 19.6 Å². The number of carbonyl (C=O) groups excluding carboxylic acids is 1. The Hall–Kier alpha value is -4.15. The SMILES string of the molecule is Cc1ccc(-c2ccc(-n3ncnc3C(F)(F)F)cc2C(=O)NCc2cnc(C)nc2)nc1. The standard InChI is InChI=1S/C22H18F3N7O/c1-13-3-6-19(28-8-13)17-5-4-16(32-21(22(23,24)25)30-12-31-32)7-18(17)20(33)29-11-15-9-26-14(2)27-10-15/h3-10,12H,11H2,1-2H3,(H,29,33). The van der Waals surface area contributed by atoms with Crippen LogP contribution in [0.25, 0.3) is 16.9 Å². The number of halogens is 3. The van der Waals surface area contributed by atoms with E-state index in [0.717, 1.165) is 11.9 Å². The minimum atomic E-state index is -4.71. The molecule has 0 spiro atoms. The highest BCUT2D eigenvalue weighted by Crippen LogP contribution is 2.30. The lowest BCUT2D eigenvalue weighted by molar-refractivity contribution is -0.146. The molecule has 0 fully saturated rings. The van der Waals surface area contributed by atoms with Crippen LogP contribution >= 0.6 is 0 Å². The van der Waals surface area contributed by atoms with Crippen LogP contribution in [0.3, 0.4) is 0 Å². The van der Waals surface area contributed by atoms with Gasteiger partial charge in [-0.3, -0.25) is 9.78 Å². The molecule has 1 amide bonds. The van der Waals surface area contributed by atoms with Crippen LogP contribution in [-0.2, 0) is 12.7 Å². The first-order valence-electron chi connectivity index (χ1n) is 9.83. The van der Waals surface area contributed by atoms with Crippen molar-refractivity contribution in [3.8, 4) is 16.9 Å². The molecule has 8 nitrogen and oxygen atoms in total. The maximum Gasteiger partial charge on any atom is 0.451 e. The number of nitrogens with zero attached hydrogens (tertiary/aromatic N) is 6. The maximum atomic E-state index is 13.3. The molecular weight excluding hydrogens is 435 g/mol. The largest absolute Gasteiger partial charge is 0.451 e. The Labute approximate surface area is 186 Å². The normalized spacial score (nSPS) is 11.4. The summed E-state index contributed by atoms with van der Waals surface area (Å²) >= 11 is 0. The lowest BCUT2D eigenvalue weighted by Gasteiger charge is -2.14. The molecule has 168 valence electrons. The summed E-state index contributed by atoms with van der Waals surface area (Å²) in [6.07, 6.45) is 0.934. The fraction of sp³-hybridized carbons (Fsp3) is 0.182. The van der Waals surface area contributed by atoms with E-state index in [1.807, 2.05) is 13.0 Å². The van der Waals surface area contributed by atoms with Gasteiger partial charge >= 0.3 is 6.18 Å². The fourth-order valence-electron chi connectivity index (χ4n) is 3.11. The Balaban J connectivity index is 1.73. The third-order valence-corrected chi connectivity index (χ3v) is 4.77. The second kappa shape index (κ2) is 8.77. The van der Waals surface area contributed by atoms with Crippen LogP contribution in [0, 0.1) is 13.8 Å². The zero-order valence-corrected chi connectivity index (χ0v) is 17.6. The van der Waals surface area contributed by atoms with Gasteiger partial charge in [0.1, 0.15) is 12.2 Å². The average molecular weight is 453 g/mol. The van der Waals surface area contributed by atoms with Gasteiger partial charge in [0.15, 0.2) is 0 Å². The van der Waals surface area contributed by atoms with E-state index >= 15 is 0 Å². The minimum Gasteiger partial charge on any atom is -0.348 e. The minimum absolute atomic E-state index is 0.0412. The van der Waals surface area contributed by atoms with Crippen LogP contribution in [0.1, 0.15) is 33.1 Å². The van der Waals surface area contributed by atoms with Crippen molar-refractivity contribution in [1.29, 1.82) is 0 Å². The second-order valence-corrected chi connectivity index (χ2v) is 7.27. The van der Waals surface area contributed by atoms with Crippen molar-refractivity contribution in [3.05, 3.63) is 83.6 Å². The van der Waals surface area contributed by atoms with Crippen molar-refractivity contribution >= 4 is 5.91 Å². The molecule has 0 aliphatic heterocycles. The molecule has 0 bridgehead atoms. The number of amides is 1. The van der Waals surface area contributed by atoms with Gasteiger partial charge in [-0.05, 0) is 43.7 Å². The number of benzene rings is 1. The molecule has 11 heteroatoms. The molecule has 3 aromatic heterocycles. The van der Waals surface area contributed by atoms with Crippen molar-refractivity contribution in [2.75, 3.05) is 0 Å². The molecule has 0 radical (unpaired) electrons. The van der Waals surface area contributed by atoms with Gasteiger partial charge in [-0.15, -0.1) is 0 Å². The first-order chi connectivity index (χ1) is 15.7. The first-order valence-corrected chi connectivity index (χ1v) is 9.83. The number of rotatable bonds is 5. The van der Waals surface area contributed by atoms with Crippen LogP contribution < -0.4 is 5.32 Å². The van der Waals surface area contributed by atoms with E-state index in [-0.39, 0.29) is 17.8 Å². The summed E-state index contributed by atoms with van der Waals surface area (Å²) in [5, 5.41) is 6.45. The van der Waals surface area contributed by atoms with Crippen LogP contribution in [0.15, 0.2) is 55.2 Å². The highest BCUT2D eigenvalue weighted by atomic mass is 19.4. The molecular formula is C22H18F3N7O. The third kappa shape index (κ3) is 4.86. The molecule has 4 rings (SSSR count). The molecule has 1 N–H and O–H groups in total. The van der Waals surface area contributed by atoms with Crippen LogP contribution in [0.4, 0.5) is 13.2 Å². The Kier molecular flexibility index (Phi) is 5.86. The Bertz CT molecular complexity index is 1280. The summed E-state index contributed by atoms with van der Waals surface area (Å²) in [4.78, 5) is 28.9. The van der Waals surface area contributed by atoms with Crippen molar-refractivity contribution < 1.29 is 18.0 Å². The Morgan fingerprint density at radius 2 is 1.76 bits per heavy atom. The average Bonchev–Trinajstić information content (AvgIpc) is 3.29. The smallest absolute Gasteiger partial charge is 0.348 e. The third-order valence-electron chi connectivity index (χ3n) is 4.77. The van der Waals surface area contributed by atoms with E-state index in [4.69, 9.17) is 0 Å². The van der Waals surface area contributed by atoms with Gasteiger partial charge < -0.3 is 5.32 Å². The molecule has 0 saturated carbocycles. The van der Waals surface area contributed by atoms with Crippen molar-refractivity contribution in [2.45, 2.75) is 26.6 Å². The second-order valence-electron chi connectivity index (χ2n) is 7.27. The number of hydrogen-bond donors (Lipinski definition) is 1. The highest BCUT2D eigenvalue weighted by Gasteiger charge is 2.37. The van der Waals surface area contributed by atoms with Gasteiger partial charge in [-0.2, -0.15) is 18.3 Å². The van der Waals surface area contributed by atoms with E-state index in [1.165, 1.54) is 12.1 Å². The van der Waals surface area contributed by atoms with Gasteiger partial charge in [0, 0.05) is 36.3 Å². The lowest BCUT2D eigenvalue weighted by atomic mass is 10.0. The van der Waals surface area contributed by atoms with Gasteiger partial charge in [-0.1, -0.05) is 6.07 Å². The number of aromatic nitrogens is 6. The molecule has 0 unspecified atom stereocenters. The molecule has 1 aromatic carbocycles. The van der Waals surface area contributed by atoms with Crippen molar-refractivity contribution in [2.24, 2.45) is 0 Å². The molecule has 3 heterocycles. The molecule has 0 atom stereocenters. The number of aryl methyl sites for hydroxylation is 2. The summed E-state index contributed by atoms with van der Waals surface area (Å²) in [5.41, 5.74) is 2.75. The van der Waals surface area contributed by atoms with E-state index in [1.54, 1.807) is 37.6 Å². The quantitative estimate of drug-likeness (QED) is 0.495. The summed E-state index contributed by atoms with van der Waals surface area (Å²) in [6, 6.07) is 7.89. The predicted molar refractivity (Wildman–Crippen MR) is 112 cm³/mol. The monoisotopic (exact) mass is 453 g/mol. The van der Waals surface area contributed by atoms with E-state index < -0.39 is 17.9 Å². The van der Waals surface area contributed by atoms with E-state index in [9.17, 15) is 18.0 Å². The summed E-state index contributed by atoms with van der Waals surface area (Å²) < 4.78 is 40.6. The van der Waals surface area contributed by atoms with Crippen molar-refractivity contribution in [3.63, 3.8) is 0 Å². The van der Waals surface area contributed by atoms with Gasteiger partial charge in [0.25, 0.3) is 5.91 Å². The number of carbonyl (C=O) groups is 1. The summed E-state index contributed by atoms with van der Waals surface area (Å²) in [5.74, 6) is -1.09. The summed E-state index contributed by atoms with van der Waals surface area (Å²) in [6.45, 7) is 3.76. The highest BCUT2D eigenvalue weighted by molar-refractivity contribution is 6.01. The van der Waals surface area contributed by atoms with Crippen LogP contribution in [0.5, 0.6) is 0 Å². The lowest BCUT2D eigenvalue weighted by Crippen LogP contribution is -2.24. The molecule has 0 saturated heterocycles. The zero-order valence-electron chi connectivity index (χ0n) is 17.6. The van der Waals surface area contributed by atoms with Gasteiger partial charge in [0.05, 0.1) is 16.9 Å². The Morgan fingerprint density at radius 1 is 1.00 bits per heavy atom. The topological polar surface area (TPSA) is 98.5 Å². The van der Waals surface area contributed by atoms with Crippen molar-refractivity contribution in [1.82, 2.24) is 35.0 Å². The molecule has 4 aromatic rings. The first kappa shape index (κ1) is 22.1. The predicted octanol–water partition coefficient (Wildman–Crippen LogP) is 3.68. The number of pyridine rings is 1. The Morgan fingerprint density at radius 3 is 2.42 bits per heavy atom. The van der Waals surface area contributed by atoms with E-state index in [0.29, 0.717) is 27.3 Å². The summed E-state index contributed by atoms with van der Waals surface area (Å²) in [7, 11) is 0. The number of alkyl halides is 3. The number of nitrogens with one attached hydrogen (secondary N) is 1. The maximum absolute atomic E-state index is 13.3. The van der Waals surface area contributed by atoms with Crippen LogP contribution in [0.2, 0.25) is 0 Å². The van der Waals surface area contributed by atoms with E-state index in [2.05, 4.69) is 30.4 Å². The fourth-order valence-corrected chi connectivity index (χ4v) is 3.11. The molecule has 0 aliphatic rings. The van der Waals surface area contributed by atoms with Gasteiger partial charge in [0.2, 0.25) is 5.82 Å². The zero-order chi connectivity index (χ0) is 23.6. The van der Waals surface area contributed by atoms with Crippen LogP contribution in [-0.4, -0.2) is 35.6 Å². The number of hydrogen-bond acceptors (Lipinski definition) is 6. The molecule has 0 aliphatic carbocycles. The molecule has 33 heavy (non-hydrogen) atoms.